The third-order valence-corrected chi connectivity index (χ3v) is 7.88. The summed E-state index contributed by atoms with van der Waals surface area (Å²) in [5, 5.41) is 3.32. The van der Waals surface area contributed by atoms with Crippen molar-refractivity contribution in [2.45, 2.75) is 26.4 Å². The lowest BCUT2D eigenvalue weighted by atomic mass is 10.0. The zero-order valence-electron chi connectivity index (χ0n) is 26.4. The number of hydrogen-bond acceptors (Lipinski definition) is 6. The highest BCUT2D eigenvalue weighted by Gasteiger charge is 2.19. The second-order valence-corrected chi connectivity index (χ2v) is 11.0. The van der Waals surface area contributed by atoms with Gasteiger partial charge >= 0.3 is 0 Å². The quantitative estimate of drug-likeness (QED) is 0.149. The molecule has 0 spiro atoms. The highest BCUT2D eigenvalue weighted by atomic mass is 19.1. The van der Waals surface area contributed by atoms with Gasteiger partial charge in [0.2, 0.25) is 5.91 Å². The molecule has 0 aliphatic carbocycles. The van der Waals surface area contributed by atoms with E-state index in [1.807, 2.05) is 37.4 Å². The monoisotopic (exact) mass is 650 g/mol. The van der Waals surface area contributed by atoms with Crippen molar-refractivity contribution in [3.63, 3.8) is 0 Å². The molecule has 0 saturated heterocycles. The van der Waals surface area contributed by atoms with Crippen LogP contribution < -0.4 is 20.3 Å². The number of amides is 1. The summed E-state index contributed by atoms with van der Waals surface area (Å²) in [7, 11) is 1.65. The number of hydrogen-bond donors (Lipinski definition) is 2. The average molecular weight is 651 g/mol. The van der Waals surface area contributed by atoms with Crippen LogP contribution in [0.1, 0.15) is 31.1 Å². The van der Waals surface area contributed by atoms with Gasteiger partial charge < -0.3 is 24.5 Å². The first kappa shape index (κ1) is 32.1. The minimum atomic E-state index is -0.709. The second kappa shape index (κ2) is 13.9. The standard InChI is InChI=1S/C37H32F2N4O5/c1-4-47-31-15-17-43(27-11-8-25(38)9-12-27)37(45)28(31)20-34(44)42-26-10-13-32(30(39)19-26)48-33-14-16-40-36-35(33)29(21-41-36)24-7-5-6-23(18-24)22(2)46-3/h5-19,21-22H,4,20H2,1-3H3,(H,40,41)(H,42,44). The van der Waals surface area contributed by atoms with Gasteiger partial charge in [0.25, 0.3) is 5.56 Å². The number of halogens is 2. The SMILES string of the molecule is CCOc1ccn(-c2ccc(F)cc2)c(=O)c1CC(=O)Nc1ccc(Oc2ccnc3[nH]cc(-c4cccc(C(C)OC)c4)c23)c(F)c1. The Bertz CT molecular complexity index is 2160. The van der Waals surface area contributed by atoms with Gasteiger partial charge in [0.15, 0.2) is 11.6 Å². The summed E-state index contributed by atoms with van der Waals surface area (Å²) in [6, 6.07) is 20.6. The molecule has 3 aromatic heterocycles. The molecule has 0 aliphatic rings. The Morgan fingerprint density at radius 2 is 1.81 bits per heavy atom. The fourth-order valence-electron chi connectivity index (χ4n) is 5.40. The molecular weight excluding hydrogens is 618 g/mol. The summed E-state index contributed by atoms with van der Waals surface area (Å²) in [5.74, 6) is -1.13. The van der Waals surface area contributed by atoms with Gasteiger partial charge in [0, 0.05) is 48.7 Å². The van der Waals surface area contributed by atoms with Crippen molar-refractivity contribution >= 4 is 22.6 Å². The number of benzene rings is 3. The minimum absolute atomic E-state index is 0.0571. The van der Waals surface area contributed by atoms with E-state index in [1.165, 1.54) is 47.2 Å². The molecule has 48 heavy (non-hydrogen) atoms. The van der Waals surface area contributed by atoms with Crippen molar-refractivity contribution in [3.8, 4) is 34.1 Å². The molecule has 0 fully saturated rings. The average Bonchev–Trinajstić information content (AvgIpc) is 3.53. The van der Waals surface area contributed by atoms with E-state index >= 15 is 4.39 Å². The molecule has 1 unspecified atom stereocenters. The molecular formula is C37H32F2N4O5. The third-order valence-electron chi connectivity index (χ3n) is 7.88. The maximum Gasteiger partial charge on any atom is 0.262 e. The lowest BCUT2D eigenvalue weighted by Crippen LogP contribution is -2.26. The summed E-state index contributed by atoms with van der Waals surface area (Å²) in [6.07, 6.45) is 4.46. The molecule has 0 bridgehead atoms. The number of methoxy groups -OCH3 is 1. The Balaban J connectivity index is 1.23. The summed E-state index contributed by atoms with van der Waals surface area (Å²) in [5.41, 5.74) is 3.52. The second-order valence-electron chi connectivity index (χ2n) is 11.0. The van der Waals surface area contributed by atoms with E-state index in [0.29, 0.717) is 22.5 Å². The van der Waals surface area contributed by atoms with Crippen molar-refractivity contribution in [1.29, 1.82) is 0 Å². The van der Waals surface area contributed by atoms with E-state index in [2.05, 4.69) is 15.3 Å². The largest absolute Gasteiger partial charge is 0.493 e. The minimum Gasteiger partial charge on any atom is -0.493 e. The molecule has 0 saturated carbocycles. The summed E-state index contributed by atoms with van der Waals surface area (Å²) < 4.78 is 47.3. The molecule has 0 aliphatic heterocycles. The van der Waals surface area contributed by atoms with E-state index in [0.717, 1.165) is 22.8 Å². The van der Waals surface area contributed by atoms with Crippen LogP contribution in [-0.4, -0.2) is 34.2 Å². The number of nitrogens with zero attached hydrogens (tertiary/aromatic N) is 2. The van der Waals surface area contributed by atoms with Crippen molar-refractivity contribution in [3.05, 3.63) is 131 Å². The summed E-state index contributed by atoms with van der Waals surface area (Å²) in [6.45, 7) is 4.00. The predicted molar refractivity (Wildman–Crippen MR) is 179 cm³/mol. The van der Waals surface area contributed by atoms with Crippen LogP contribution in [0.4, 0.5) is 14.5 Å². The van der Waals surface area contributed by atoms with Crippen LogP contribution in [0.3, 0.4) is 0 Å². The Labute approximate surface area is 274 Å². The normalized spacial score (nSPS) is 11.8. The van der Waals surface area contributed by atoms with Crippen LogP contribution in [0.5, 0.6) is 17.2 Å². The number of ether oxygens (including phenoxy) is 3. The van der Waals surface area contributed by atoms with Gasteiger partial charge in [0.05, 0.1) is 30.1 Å². The Morgan fingerprint density at radius 3 is 2.56 bits per heavy atom. The molecule has 2 N–H and O–H groups in total. The molecule has 6 aromatic rings. The van der Waals surface area contributed by atoms with Crippen molar-refractivity contribution in [1.82, 2.24) is 14.5 Å². The molecule has 9 nitrogen and oxygen atoms in total. The molecule has 6 rings (SSSR count). The maximum absolute atomic E-state index is 15.4. The number of nitrogens with one attached hydrogen (secondary N) is 2. The van der Waals surface area contributed by atoms with Gasteiger partial charge in [-0.25, -0.2) is 13.8 Å². The fourth-order valence-corrected chi connectivity index (χ4v) is 5.40. The Morgan fingerprint density at radius 1 is 1.00 bits per heavy atom. The molecule has 3 heterocycles. The molecule has 1 amide bonds. The van der Waals surface area contributed by atoms with Gasteiger partial charge in [-0.3, -0.25) is 14.2 Å². The number of H-pyrrole nitrogens is 1. The van der Waals surface area contributed by atoms with E-state index in [1.54, 1.807) is 32.4 Å². The van der Waals surface area contributed by atoms with Crippen LogP contribution in [0, 0.1) is 11.6 Å². The van der Waals surface area contributed by atoms with Crippen molar-refractivity contribution in [2.75, 3.05) is 19.0 Å². The molecule has 0 radical (unpaired) electrons. The lowest BCUT2D eigenvalue weighted by molar-refractivity contribution is -0.115. The van der Waals surface area contributed by atoms with E-state index in [4.69, 9.17) is 14.2 Å². The van der Waals surface area contributed by atoms with Gasteiger partial charge in [-0.1, -0.05) is 18.2 Å². The Hall–Kier alpha value is -5.81. The number of aromatic nitrogens is 3. The van der Waals surface area contributed by atoms with Gasteiger partial charge in [-0.2, -0.15) is 0 Å². The van der Waals surface area contributed by atoms with Crippen LogP contribution in [0.25, 0.3) is 27.8 Å². The number of anilines is 1. The maximum atomic E-state index is 15.4. The van der Waals surface area contributed by atoms with Gasteiger partial charge in [-0.15, -0.1) is 0 Å². The van der Waals surface area contributed by atoms with E-state index in [9.17, 15) is 14.0 Å². The number of carbonyl (C=O) groups excluding carboxylic acids is 1. The third kappa shape index (κ3) is 6.67. The first-order valence-corrected chi connectivity index (χ1v) is 15.3. The molecule has 3 aromatic carbocycles. The molecule has 11 heteroatoms. The highest BCUT2D eigenvalue weighted by Crippen LogP contribution is 2.38. The number of aromatic amines is 1. The number of fused-ring (bicyclic) bond motifs is 1. The Kier molecular flexibility index (Phi) is 9.31. The first-order valence-electron chi connectivity index (χ1n) is 15.3. The summed E-state index contributed by atoms with van der Waals surface area (Å²) >= 11 is 0. The zero-order valence-corrected chi connectivity index (χ0v) is 26.4. The van der Waals surface area contributed by atoms with E-state index < -0.39 is 23.1 Å². The number of pyridine rings is 2. The smallest absolute Gasteiger partial charge is 0.262 e. The van der Waals surface area contributed by atoms with Crippen LogP contribution in [0.2, 0.25) is 0 Å². The molecule has 1 atom stereocenters. The lowest BCUT2D eigenvalue weighted by Gasteiger charge is -2.14. The van der Waals surface area contributed by atoms with Crippen molar-refractivity contribution < 1.29 is 27.8 Å². The fraction of sp³-hybridized carbons (Fsp3) is 0.162. The van der Waals surface area contributed by atoms with Gasteiger partial charge in [0.1, 0.15) is 23.0 Å². The van der Waals surface area contributed by atoms with E-state index in [-0.39, 0.29) is 41.9 Å². The topological polar surface area (TPSA) is 107 Å². The van der Waals surface area contributed by atoms with Crippen LogP contribution in [0.15, 0.2) is 102 Å². The zero-order chi connectivity index (χ0) is 33.8. The van der Waals surface area contributed by atoms with Gasteiger partial charge in [-0.05, 0) is 79.6 Å². The number of carbonyl (C=O) groups is 1. The van der Waals surface area contributed by atoms with Crippen LogP contribution in [-0.2, 0) is 16.0 Å². The highest BCUT2D eigenvalue weighted by molar-refractivity contribution is 5.98. The summed E-state index contributed by atoms with van der Waals surface area (Å²) in [4.78, 5) is 34.1. The predicted octanol–water partition coefficient (Wildman–Crippen LogP) is 7.74. The van der Waals surface area contributed by atoms with Crippen molar-refractivity contribution in [2.24, 2.45) is 0 Å². The first-order chi connectivity index (χ1) is 23.2. The number of rotatable bonds is 11. The molecule has 244 valence electrons. The van der Waals surface area contributed by atoms with Crippen LogP contribution >= 0.6 is 0 Å².